The van der Waals surface area contributed by atoms with Crippen molar-refractivity contribution in [1.82, 2.24) is 5.43 Å². The summed E-state index contributed by atoms with van der Waals surface area (Å²) >= 11 is 0. The predicted molar refractivity (Wildman–Crippen MR) is 81.5 cm³/mol. The van der Waals surface area contributed by atoms with Crippen LogP contribution in [0, 0.1) is 5.92 Å². The minimum Gasteiger partial charge on any atom is -0.371 e. The fourth-order valence-electron chi connectivity index (χ4n) is 2.20. The molecule has 1 heterocycles. The SMILES string of the molecule is CC(C)CN=C(NN)N1CCN(C)c2ccccc21. The first kappa shape index (κ1) is 13.7. The number of nitrogens with one attached hydrogen (secondary N) is 1. The van der Waals surface area contributed by atoms with Crippen molar-refractivity contribution in [2.75, 3.05) is 36.5 Å². The van der Waals surface area contributed by atoms with Gasteiger partial charge >= 0.3 is 0 Å². The summed E-state index contributed by atoms with van der Waals surface area (Å²) in [5, 5.41) is 0. The third-order valence-electron chi connectivity index (χ3n) is 3.23. The number of rotatable bonds is 2. The summed E-state index contributed by atoms with van der Waals surface area (Å²) in [5.41, 5.74) is 5.10. The van der Waals surface area contributed by atoms with Crippen molar-refractivity contribution in [2.45, 2.75) is 13.8 Å². The summed E-state index contributed by atoms with van der Waals surface area (Å²) in [6, 6.07) is 8.33. The van der Waals surface area contributed by atoms with E-state index in [-0.39, 0.29) is 0 Å². The van der Waals surface area contributed by atoms with E-state index in [1.807, 2.05) is 6.07 Å². The topological polar surface area (TPSA) is 56.9 Å². The first-order valence-corrected chi connectivity index (χ1v) is 6.72. The van der Waals surface area contributed by atoms with Gasteiger partial charge in [0.25, 0.3) is 0 Å². The molecule has 0 aromatic heterocycles. The Morgan fingerprint density at radius 1 is 1.32 bits per heavy atom. The molecule has 2 rings (SSSR count). The van der Waals surface area contributed by atoms with E-state index in [2.05, 4.69) is 59.3 Å². The minimum atomic E-state index is 0.519. The second-order valence-corrected chi connectivity index (χ2v) is 5.26. The number of anilines is 2. The fourth-order valence-corrected chi connectivity index (χ4v) is 2.20. The molecule has 0 fully saturated rings. The van der Waals surface area contributed by atoms with Gasteiger partial charge in [-0.15, -0.1) is 0 Å². The summed E-state index contributed by atoms with van der Waals surface area (Å²) in [6.45, 7) is 6.91. The van der Waals surface area contributed by atoms with Gasteiger partial charge in [-0.2, -0.15) is 0 Å². The van der Waals surface area contributed by atoms with Gasteiger partial charge < -0.3 is 9.80 Å². The van der Waals surface area contributed by atoms with Crippen LogP contribution < -0.4 is 21.1 Å². The normalized spacial score (nSPS) is 15.7. The first-order valence-electron chi connectivity index (χ1n) is 6.72. The molecule has 0 atom stereocenters. The lowest BCUT2D eigenvalue weighted by molar-refractivity contribution is 0.659. The fraction of sp³-hybridized carbons (Fsp3) is 0.500. The van der Waals surface area contributed by atoms with Crippen molar-refractivity contribution in [1.29, 1.82) is 0 Å². The average molecular weight is 261 g/mol. The van der Waals surface area contributed by atoms with E-state index < -0.39 is 0 Å². The number of hydrazine groups is 1. The maximum atomic E-state index is 5.65. The van der Waals surface area contributed by atoms with E-state index in [4.69, 9.17) is 5.84 Å². The summed E-state index contributed by atoms with van der Waals surface area (Å²) in [5.74, 6) is 6.91. The Balaban J connectivity index is 2.30. The predicted octanol–water partition coefficient (Wildman–Crippen LogP) is 1.42. The highest BCUT2D eigenvalue weighted by atomic mass is 15.4. The van der Waals surface area contributed by atoms with E-state index in [1.165, 1.54) is 5.69 Å². The molecule has 5 nitrogen and oxygen atoms in total. The zero-order valence-electron chi connectivity index (χ0n) is 11.9. The van der Waals surface area contributed by atoms with Crippen LogP contribution >= 0.6 is 0 Å². The molecule has 19 heavy (non-hydrogen) atoms. The Hall–Kier alpha value is -1.75. The lowest BCUT2D eigenvalue weighted by atomic mass is 10.2. The van der Waals surface area contributed by atoms with Crippen molar-refractivity contribution in [3.63, 3.8) is 0 Å². The molecule has 0 bridgehead atoms. The molecule has 104 valence electrons. The number of guanidine groups is 1. The van der Waals surface area contributed by atoms with E-state index >= 15 is 0 Å². The highest BCUT2D eigenvalue weighted by Gasteiger charge is 2.22. The molecule has 0 saturated carbocycles. The molecule has 0 unspecified atom stereocenters. The van der Waals surface area contributed by atoms with Crippen LogP contribution in [0.2, 0.25) is 0 Å². The second-order valence-electron chi connectivity index (χ2n) is 5.26. The third kappa shape index (κ3) is 2.98. The van der Waals surface area contributed by atoms with Crippen molar-refractivity contribution >= 4 is 17.3 Å². The molecular weight excluding hydrogens is 238 g/mol. The van der Waals surface area contributed by atoms with Gasteiger partial charge in [-0.25, -0.2) is 5.84 Å². The first-order chi connectivity index (χ1) is 9.13. The molecule has 3 N–H and O–H groups in total. The summed E-state index contributed by atoms with van der Waals surface area (Å²) in [6.07, 6.45) is 0. The smallest absolute Gasteiger partial charge is 0.213 e. The van der Waals surface area contributed by atoms with Gasteiger partial charge in [0.1, 0.15) is 0 Å². The lowest BCUT2D eigenvalue weighted by Crippen LogP contribution is -2.50. The third-order valence-corrected chi connectivity index (χ3v) is 3.23. The summed E-state index contributed by atoms with van der Waals surface area (Å²) in [4.78, 5) is 8.98. The number of fused-ring (bicyclic) bond motifs is 1. The van der Waals surface area contributed by atoms with E-state index in [9.17, 15) is 0 Å². The van der Waals surface area contributed by atoms with Crippen molar-refractivity contribution in [2.24, 2.45) is 16.8 Å². The highest BCUT2D eigenvalue weighted by Crippen LogP contribution is 2.31. The van der Waals surface area contributed by atoms with Crippen LogP contribution in [0.5, 0.6) is 0 Å². The van der Waals surface area contributed by atoms with Crippen molar-refractivity contribution < 1.29 is 0 Å². The monoisotopic (exact) mass is 261 g/mol. The highest BCUT2D eigenvalue weighted by molar-refractivity contribution is 5.99. The van der Waals surface area contributed by atoms with Gasteiger partial charge in [-0.1, -0.05) is 26.0 Å². The number of benzene rings is 1. The molecule has 5 heteroatoms. The van der Waals surface area contributed by atoms with Gasteiger partial charge in [-0.3, -0.25) is 10.4 Å². The molecule has 1 aromatic carbocycles. The average Bonchev–Trinajstić information content (AvgIpc) is 2.41. The minimum absolute atomic E-state index is 0.519. The Morgan fingerprint density at radius 3 is 2.63 bits per heavy atom. The number of hydrogen-bond donors (Lipinski definition) is 2. The molecule has 0 aliphatic carbocycles. The van der Waals surface area contributed by atoms with Crippen molar-refractivity contribution in [3.8, 4) is 0 Å². The lowest BCUT2D eigenvalue weighted by Gasteiger charge is -2.37. The van der Waals surface area contributed by atoms with Crippen LogP contribution in [0.1, 0.15) is 13.8 Å². The number of nitrogens with two attached hydrogens (primary N) is 1. The van der Waals surface area contributed by atoms with Gasteiger partial charge in [0.15, 0.2) is 0 Å². The summed E-state index contributed by atoms with van der Waals surface area (Å²) in [7, 11) is 2.11. The molecule has 1 aliphatic heterocycles. The van der Waals surface area contributed by atoms with Crippen LogP contribution in [-0.4, -0.2) is 32.6 Å². The van der Waals surface area contributed by atoms with Crippen molar-refractivity contribution in [3.05, 3.63) is 24.3 Å². The van der Waals surface area contributed by atoms with Crippen LogP contribution in [-0.2, 0) is 0 Å². The molecule has 0 radical (unpaired) electrons. The Morgan fingerprint density at radius 2 is 2.00 bits per heavy atom. The zero-order chi connectivity index (χ0) is 13.8. The number of hydrogen-bond acceptors (Lipinski definition) is 3. The number of aliphatic imine (C=N–C) groups is 1. The number of para-hydroxylation sites is 2. The Kier molecular flexibility index (Phi) is 4.27. The van der Waals surface area contributed by atoms with Crippen LogP contribution in [0.3, 0.4) is 0 Å². The maximum absolute atomic E-state index is 5.65. The maximum Gasteiger partial charge on any atom is 0.213 e. The number of nitrogens with zero attached hydrogens (tertiary/aromatic N) is 3. The van der Waals surface area contributed by atoms with Gasteiger partial charge in [-0.05, 0) is 18.1 Å². The largest absolute Gasteiger partial charge is 0.371 e. The standard InChI is InChI=1S/C14H23N5/c1-11(2)10-16-14(17-15)19-9-8-18(3)12-6-4-5-7-13(12)19/h4-7,11H,8-10,15H2,1-3H3,(H,16,17). The Bertz CT molecular complexity index is 455. The molecule has 1 aliphatic rings. The number of likely N-dealkylation sites (N-methyl/N-ethyl adjacent to an activating group) is 1. The molecule has 1 aromatic rings. The molecule has 0 saturated heterocycles. The summed E-state index contributed by atoms with van der Waals surface area (Å²) < 4.78 is 0. The van der Waals surface area contributed by atoms with Gasteiger partial charge in [0.05, 0.1) is 11.4 Å². The van der Waals surface area contributed by atoms with E-state index in [1.54, 1.807) is 0 Å². The van der Waals surface area contributed by atoms with Crippen LogP contribution in [0.4, 0.5) is 11.4 Å². The van der Waals surface area contributed by atoms with Crippen LogP contribution in [0.25, 0.3) is 0 Å². The quantitative estimate of drug-likeness (QED) is 0.366. The van der Waals surface area contributed by atoms with Crippen LogP contribution in [0.15, 0.2) is 29.3 Å². The van der Waals surface area contributed by atoms with Gasteiger partial charge in [0, 0.05) is 26.7 Å². The van der Waals surface area contributed by atoms with E-state index in [0.717, 1.165) is 31.3 Å². The zero-order valence-corrected chi connectivity index (χ0v) is 11.9. The Labute approximate surface area is 115 Å². The molecule has 0 spiro atoms. The molecule has 0 amide bonds. The van der Waals surface area contributed by atoms with Gasteiger partial charge in [0.2, 0.25) is 5.96 Å². The second kappa shape index (κ2) is 5.93. The van der Waals surface area contributed by atoms with E-state index in [0.29, 0.717) is 5.92 Å². The molecular formula is C14H23N5.